The Bertz CT molecular complexity index is 101. The predicted molar refractivity (Wildman–Crippen MR) is 49.4 cm³/mol. The van der Waals surface area contributed by atoms with Gasteiger partial charge in [0.2, 0.25) is 0 Å². The molecule has 0 atom stereocenters. The Morgan fingerprint density at radius 1 is 1.18 bits per heavy atom. The summed E-state index contributed by atoms with van der Waals surface area (Å²) in [6, 6.07) is 0. The molecule has 1 saturated carbocycles. The molecular formula is C10H19N. The molecule has 1 fully saturated rings. The van der Waals surface area contributed by atoms with Crippen molar-refractivity contribution in [1.29, 1.82) is 0 Å². The van der Waals surface area contributed by atoms with Gasteiger partial charge in [0.15, 0.2) is 0 Å². The maximum absolute atomic E-state index is 3.66. The fourth-order valence-electron chi connectivity index (χ4n) is 1.82. The van der Waals surface area contributed by atoms with Crippen molar-refractivity contribution in [3.63, 3.8) is 0 Å². The zero-order valence-electron chi connectivity index (χ0n) is 7.31. The summed E-state index contributed by atoms with van der Waals surface area (Å²) in [6.45, 7) is 4.80. The van der Waals surface area contributed by atoms with Gasteiger partial charge in [0, 0.05) is 6.54 Å². The lowest BCUT2D eigenvalue weighted by Crippen LogP contribution is -2.16. The molecule has 0 aromatic carbocycles. The molecule has 0 saturated heterocycles. The largest absolute Gasteiger partial charge is 0.391 e. The summed E-state index contributed by atoms with van der Waals surface area (Å²) in [5.74, 6) is 0.912. The Labute approximate surface area is 69.9 Å². The first-order chi connectivity index (χ1) is 5.43. The van der Waals surface area contributed by atoms with Crippen molar-refractivity contribution in [2.24, 2.45) is 5.92 Å². The zero-order chi connectivity index (χ0) is 7.94. The quantitative estimate of drug-likeness (QED) is 0.615. The van der Waals surface area contributed by atoms with Gasteiger partial charge >= 0.3 is 0 Å². The van der Waals surface area contributed by atoms with Crippen LogP contribution in [0.25, 0.3) is 0 Å². The number of nitrogens with one attached hydrogen (secondary N) is 1. The van der Waals surface area contributed by atoms with E-state index < -0.39 is 0 Å². The highest BCUT2D eigenvalue weighted by Crippen LogP contribution is 2.21. The van der Waals surface area contributed by atoms with Gasteiger partial charge in [-0.2, -0.15) is 0 Å². The van der Waals surface area contributed by atoms with Crippen LogP contribution in [0.3, 0.4) is 0 Å². The number of rotatable bonds is 3. The van der Waals surface area contributed by atoms with Crippen LogP contribution in [0.4, 0.5) is 0 Å². The first-order valence-corrected chi connectivity index (χ1v) is 4.78. The molecule has 0 amide bonds. The number of hydrogen-bond acceptors (Lipinski definition) is 1. The Hall–Kier alpha value is -0.460. The minimum atomic E-state index is 0.912. The van der Waals surface area contributed by atoms with E-state index in [9.17, 15) is 0 Å². The van der Waals surface area contributed by atoms with Gasteiger partial charge in [-0.05, 0) is 25.0 Å². The molecule has 11 heavy (non-hydrogen) atoms. The summed E-state index contributed by atoms with van der Waals surface area (Å²) in [4.78, 5) is 0. The van der Waals surface area contributed by atoms with Crippen LogP contribution in [0.15, 0.2) is 12.8 Å². The minimum Gasteiger partial charge on any atom is -0.391 e. The van der Waals surface area contributed by atoms with E-state index in [1.807, 2.05) is 6.20 Å². The molecule has 0 aromatic rings. The van der Waals surface area contributed by atoms with E-state index in [-0.39, 0.29) is 0 Å². The van der Waals surface area contributed by atoms with Crippen LogP contribution in [0.2, 0.25) is 0 Å². The topological polar surface area (TPSA) is 12.0 Å². The molecule has 0 spiro atoms. The Balaban J connectivity index is 2.14. The van der Waals surface area contributed by atoms with Crippen molar-refractivity contribution >= 4 is 0 Å². The molecule has 1 aliphatic carbocycles. The molecule has 0 aromatic heterocycles. The second kappa shape index (κ2) is 5.22. The molecule has 0 bridgehead atoms. The van der Waals surface area contributed by atoms with Gasteiger partial charge in [-0.15, -0.1) is 0 Å². The maximum atomic E-state index is 3.66. The van der Waals surface area contributed by atoms with Crippen LogP contribution in [0.5, 0.6) is 0 Å². The molecule has 1 N–H and O–H groups in total. The summed E-state index contributed by atoms with van der Waals surface area (Å²) in [6.07, 6.45) is 10.4. The van der Waals surface area contributed by atoms with Gasteiger partial charge in [0.25, 0.3) is 0 Å². The van der Waals surface area contributed by atoms with Crippen molar-refractivity contribution in [2.45, 2.75) is 38.5 Å². The Morgan fingerprint density at radius 3 is 2.36 bits per heavy atom. The standard InChI is InChI=1S/C10H19N/c1-2-11-9-10-7-5-3-4-6-8-10/h2,10-11H,1,3-9H2. The summed E-state index contributed by atoms with van der Waals surface area (Å²) >= 11 is 0. The second-order valence-electron chi connectivity index (χ2n) is 3.47. The molecule has 0 unspecified atom stereocenters. The van der Waals surface area contributed by atoms with Gasteiger partial charge in [0.05, 0.1) is 0 Å². The van der Waals surface area contributed by atoms with Crippen LogP contribution in [0, 0.1) is 5.92 Å². The van der Waals surface area contributed by atoms with E-state index in [4.69, 9.17) is 0 Å². The van der Waals surface area contributed by atoms with Gasteiger partial charge in [-0.3, -0.25) is 0 Å². The van der Waals surface area contributed by atoms with E-state index in [1.165, 1.54) is 38.5 Å². The lowest BCUT2D eigenvalue weighted by Gasteiger charge is -2.12. The Kier molecular flexibility index (Phi) is 4.10. The minimum absolute atomic E-state index is 0.912. The second-order valence-corrected chi connectivity index (χ2v) is 3.47. The zero-order valence-corrected chi connectivity index (χ0v) is 7.31. The van der Waals surface area contributed by atoms with Gasteiger partial charge < -0.3 is 5.32 Å². The van der Waals surface area contributed by atoms with E-state index in [0.717, 1.165) is 12.5 Å². The van der Waals surface area contributed by atoms with Crippen molar-refractivity contribution < 1.29 is 0 Å². The molecular weight excluding hydrogens is 134 g/mol. The highest BCUT2D eigenvalue weighted by molar-refractivity contribution is 4.70. The molecule has 64 valence electrons. The van der Waals surface area contributed by atoms with E-state index in [0.29, 0.717) is 0 Å². The lowest BCUT2D eigenvalue weighted by atomic mass is 10.0. The normalized spacial score (nSPS) is 20.7. The van der Waals surface area contributed by atoms with Gasteiger partial charge in [-0.25, -0.2) is 0 Å². The monoisotopic (exact) mass is 153 g/mol. The molecule has 1 heteroatoms. The average molecular weight is 153 g/mol. The fourth-order valence-corrected chi connectivity index (χ4v) is 1.82. The van der Waals surface area contributed by atoms with E-state index in [2.05, 4.69) is 11.9 Å². The van der Waals surface area contributed by atoms with Gasteiger partial charge in [0.1, 0.15) is 0 Å². The van der Waals surface area contributed by atoms with Crippen LogP contribution in [0.1, 0.15) is 38.5 Å². The average Bonchev–Trinajstić information content (AvgIpc) is 2.28. The molecule has 1 rings (SSSR count). The summed E-state index contributed by atoms with van der Waals surface area (Å²) < 4.78 is 0. The summed E-state index contributed by atoms with van der Waals surface area (Å²) in [7, 11) is 0. The summed E-state index contributed by atoms with van der Waals surface area (Å²) in [5, 5.41) is 3.21. The van der Waals surface area contributed by atoms with Crippen molar-refractivity contribution in [3.8, 4) is 0 Å². The smallest absolute Gasteiger partial charge is 0.0169 e. The highest BCUT2D eigenvalue weighted by atomic mass is 14.8. The third-order valence-electron chi connectivity index (χ3n) is 2.53. The SMILES string of the molecule is C=CNCC1CCCCCC1. The summed E-state index contributed by atoms with van der Waals surface area (Å²) in [5.41, 5.74) is 0. The highest BCUT2D eigenvalue weighted by Gasteiger charge is 2.10. The molecule has 0 heterocycles. The Morgan fingerprint density at radius 2 is 1.82 bits per heavy atom. The molecule has 0 radical (unpaired) electrons. The lowest BCUT2D eigenvalue weighted by molar-refractivity contribution is 0.448. The van der Waals surface area contributed by atoms with Crippen LogP contribution >= 0.6 is 0 Å². The molecule has 1 aliphatic rings. The van der Waals surface area contributed by atoms with Crippen LogP contribution in [-0.2, 0) is 0 Å². The molecule has 1 nitrogen and oxygen atoms in total. The predicted octanol–water partition coefficient (Wildman–Crippen LogP) is 2.69. The van der Waals surface area contributed by atoms with E-state index in [1.54, 1.807) is 0 Å². The van der Waals surface area contributed by atoms with Crippen LogP contribution in [-0.4, -0.2) is 6.54 Å². The van der Waals surface area contributed by atoms with Crippen molar-refractivity contribution in [2.75, 3.05) is 6.54 Å². The van der Waals surface area contributed by atoms with Crippen molar-refractivity contribution in [3.05, 3.63) is 12.8 Å². The first-order valence-electron chi connectivity index (χ1n) is 4.78. The van der Waals surface area contributed by atoms with E-state index >= 15 is 0 Å². The van der Waals surface area contributed by atoms with Crippen molar-refractivity contribution in [1.82, 2.24) is 5.32 Å². The fraction of sp³-hybridized carbons (Fsp3) is 0.800. The maximum Gasteiger partial charge on any atom is 0.0169 e. The third-order valence-corrected chi connectivity index (χ3v) is 2.53. The first kappa shape index (κ1) is 8.63. The van der Waals surface area contributed by atoms with Gasteiger partial charge in [-0.1, -0.05) is 32.3 Å². The van der Waals surface area contributed by atoms with Crippen LogP contribution < -0.4 is 5.32 Å². The third kappa shape index (κ3) is 3.45. The molecule has 0 aliphatic heterocycles. The number of hydrogen-bond donors (Lipinski definition) is 1.